The van der Waals surface area contributed by atoms with Crippen LogP contribution in [0.1, 0.15) is 18.4 Å². The van der Waals surface area contributed by atoms with Crippen molar-refractivity contribution >= 4 is 0 Å². The standard InChI is InChI=1S/C18H22O2/c1-4-17(18(5-2)19-3)15-11-16(12-15)20-13-14-9-7-6-8-10-14/h4-10,15-16H,1-2,11-13H2,3H3/b18-17-. The van der Waals surface area contributed by atoms with Crippen molar-refractivity contribution in [3.05, 3.63) is 72.5 Å². The van der Waals surface area contributed by atoms with E-state index in [0.717, 1.165) is 24.2 Å². The first-order valence-corrected chi connectivity index (χ1v) is 6.97. The fraction of sp³-hybridized carbons (Fsp3) is 0.333. The van der Waals surface area contributed by atoms with Crippen LogP contribution in [0.25, 0.3) is 0 Å². The molecule has 0 atom stereocenters. The highest BCUT2D eigenvalue weighted by molar-refractivity contribution is 5.31. The third-order valence-electron chi connectivity index (χ3n) is 3.77. The summed E-state index contributed by atoms with van der Waals surface area (Å²) in [5, 5.41) is 0. The van der Waals surface area contributed by atoms with Crippen molar-refractivity contribution in [1.82, 2.24) is 0 Å². The van der Waals surface area contributed by atoms with Gasteiger partial charge in [0.15, 0.2) is 0 Å². The zero-order valence-electron chi connectivity index (χ0n) is 12.0. The first kappa shape index (κ1) is 14.6. The lowest BCUT2D eigenvalue weighted by molar-refractivity contribution is -0.0309. The monoisotopic (exact) mass is 270 g/mol. The first-order valence-electron chi connectivity index (χ1n) is 6.97. The van der Waals surface area contributed by atoms with Crippen LogP contribution in [0.5, 0.6) is 0 Å². The fourth-order valence-corrected chi connectivity index (χ4v) is 2.53. The predicted molar refractivity (Wildman–Crippen MR) is 82.2 cm³/mol. The number of benzene rings is 1. The number of hydrogen-bond donors (Lipinski definition) is 0. The van der Waals surface area contributed by atoms with E-state index in [1.807, 2.05) is 24.3 Å². The Hall–Kier alpha value is -1.80. The van der Waals surface area contributed by atoms with E-state index in [2.05, 4.69) is 25.3 Å². The Balaban J connectivity index is 1.83. The quantitative estimate of drug-likeness (QED) is 0.544. The lowest BCUT2D eigenvalue weighted by Crippen LogP contribution is -2.32. The second kappa shape index (κ2) is 7.11. The molecule has 0 aliphatic heterocycles. The van der Waals surface area contributed by atoms with E-state index in [0.29, 0.717) is 18.6 Å². The van der Waals surface area contributed by atoms with Crippen molar-refractivity contribution in [2.75, 3.05) is 7.11 Å². The topological polar surface area (TPSA) is 18.5 Å². The molecule has 1 saturated carbocycles. The molecule has 0 heterocycles. The molecule has 1 aliphatic carbocycles. The van der Waals surface area contributed by atoms with Crippen molar-refractivity contribution in [2.45, 2.75) is 25.6 Å². The molecule has 1 aromatic rings. The average Bonchev–Trinajstić information content (AvgIpc) is 2.45. The van der Waals surface area contributed by atoms with Gasteiger partial charge < -0.3 is 9.47 Å². The van der Waals surface area contributed by atoms with Crippen LogP contribution in [0, 0.1) is 5.92 Å². The summed E-state index contributed by atoms with van der Waals surface area (Å²) in [5.74, 6) is 1.30. The molecule has 0 radical (unpaired) electrons. The number of hydrogen-bond acceptors (Lipinski definition) is 2. The van der Waals surface area contributed by atoms with E-state index in [9.17, 15) is 0 Å². The molecule has 0 bridgehead atoms. The summed E-state index contributed by atoms with van der Waals surface area (Å²) < 4.78 is 11.2. The van der Waals surface area contributed by atoms with Crippen LogP contribution in [0.4, 0.5) is 0 Å². The van der Waals surface area contributed by atoms with Crippen molar-refractivity contribution in [2.24, 2.45) is 5.92 Å². The Morgan fingerprint density at radius 3 is 2.45 bits per heavy atom. The maximum absolute atomic E-state index is 5.91. The van der Waals surface area contributed by atoms with Crippen LogP contribution in [-0.4, -0.2) is 13.2 Å². The van der Waals surface area contributed by atoms with Crippen molar-refractivity contribution < 1.29 is 9.47 Å². The summed E-state index contributed by atoms with van der Waals surface area (Å²) in [5.41, 5.74) is 2.36. The molecule has 1 fully saturated rings. The second-order valence-corrected chi connectivity index (χ2v) is 5.02. The van der Waals surface area contributed by atoms with Crippen LogP contribution < -0.4 is 0 Å². The van der Waals surface area contributed by atoms with Gasteiger partial charge in [-0.1, -0.05) is 49.6 Å². The van der Waals surface area contributed by atoms with Gasteiger partial charge in [0.1, 0.15) is 5.76 Å². The van der Waals surface area contributed by atoms with Crippen LogP contribution >= 0.6 is 0 Å². The number of ether oxygens (including phenoxy) is 2. The fourth-order valence-electron chi connectivity index (χ4n) is 2.53. The zero-order chi connectivity index (χ0) is 14.4. The summed E-state index contributed by atoms with van der Waals surface area (Å²) in [6.45, 7) is 8.33. The Morgan fingerprint density at radius 1 is 1.20 bits per heavy atom. The van der Waals surface area contributed by atoms with E-state index in [-0.39, 0.29) is 0 Å². The van der Waals surface area contributed by atoms with E-state index >= 15 is 0 Å². The molecule has 2 rings (SSSR count). The van der Waals surface area contributed by atoms with Crippen LogP contribution in [0.3, 0.4) is 0 Å². The Bertz CT molecular complexity index is 481. The van der Waals surface area contributed by atoms with Crippen molar-refractivity contribution in [1.29, 1.82) is 0 Å². The first-order chi connectivity index (χ1) is 9.78. The molecule has 0 saturated heterocycles. The van der Waals surface area contributed by atoms with Gasteiger partial charge in [-0.15, -0.1) is 0 Å². The summed E-state index contributed by atoms with van der Waals surface area (Å²) in [4.78, 5) is 0. The number of rotatable bonds is 7. The van der Waals surface area contributed by atoms with Crippen molar-refractivity contribution in [3.63, 3.8) is 0 Å². The molecule has 0 unspecified atom stereocenters. The highest BCUT2D eigenvalue weighted by atomic mass is 16.5. The number of allylic oxidation sites excluding steroid dienone is 3. The highest BCUT2D eigenvalue weighted by Crippen LogP contribution is 2.38. The third kappa shape index (κ3) is 3.40. The van der Waals surface area contributed by atoms with E-state index in [1.54, 1.807) is 13.2 Å². The summed E-state index contributed by atoms with van der Waals surface area (Å²) >= 11 is 0. The smallest absolute Gasteiger partial charge is 0.121 e. The normalized spacial score (nSPS) is 22.4. The highest BCUT2D eigenvalue weighted by Gasteiger charge is 2.32. The Labute approximate surface area is 121 Å². The van der Waals surface area contributed by atoms with Crippen molar-refractivity contribution in [3.8, 4) is 0 Å². The minimum Gasteiger partial charge on any atom is -0.496 e. The van der Waals surface area contributed by atoms with Crippen LogP contribution in [0.15, 0.2) is 67.0 Å². The average molecular weight is 270 g/mol. The van der Waals surface area contributed by atoms with Gasteiger partial charge in [-0.2, -0.15) is 0 Å². The van der Waals surface area contributed by atoms with Gasteiger partial charge in [0.2, 0.25) is 0 Å². The van der Waals surface area contributed by atoms with Gasteiger partial charge in [0.05, 0.1) is 19.8 Å². The summed E-state index contributed by atoms with van der Waals surface area (Å²) in [6.07, 6.45) is 6.00. The minimum atomic E-state index is 0.332. The molecular formula is C18H22O2. The summed E-state index contributed by atoms with van der Waals surface area (Å²) in [7, 11) is 1.67. The second-order valence-electron chi connectivity index (χ2n) is 5.02. The molecule has 0 amide bonds. The van der Waals surface area contributed by atoms with Gasteiger partial charge >= 0.3 is 0 Å². The largest absolute Gasteiger partial charge is 0.496 e. The minimum absolute atomic E-state index is 0.332. The molecule has 1 aromatic carbocycles. The Kier molecular flexibility index (Phi) is 5.19. The van der Waals surface area contributed by atoms with Crippen LogP contribution in [0.2, 0.25) is 0 Å². The number of methoxy groups -OCH3 is 1. The van der Waals surface area contributed by atoms with E-state index in [1.165, 1.54) is 5.56 Å². The van der Waals surface area contributed by atoms with E-state index < -0.39 is 0 Å². The molecule has 20 heavy (non-hydrogen) atoms. The molecule has 0 spiro atoms. The van der Waals surface area contributed by atoms with E-state index in [4.69, 9.17) is 9.47 Å². The lowest BCUT2D eigenvalue weighted by Gasteiger charge is -2.36. The molecular weight excluding hydrogens is 248 g/mol. The molecule has 106 valence electrons. The predicted octanol–water partition coefficient (Wildman–Crippen LogP) is 4.25. The maximum Gasteiger partial charge on any atom is 0.121 e. The molecule has 2 nitrogen and oxygen atoms in total. The lowest BCUT2D eigenvalue weighted by atomic mass is 9.76. The molecule has 0 aromatic heterocycles. The molecule has 2 heteroatoms. The SMILES string of the molecule is C=C/C(OC)=C(\C=C)C1CC(OCc2ccccc2)C1. The molecule has 1 aliphatic rings. The maximum atomic E-state index is 5.91. The van der Waals surface area contributed by atoms with Gasteiger partial charge in [-0.3, -0.25) is 0 Å². The van der Waals surface area contributed by atoms with Crippen LogP contribution in [-0.2, 0) is 16.1 Å². The summed E-state index contributed by atoms with van der Waals surface area (Å²) in [6, 6.07) is 10.3. The van der Waals surface area contributed by atoms with Gasteiger partial charge in [-0.05, 0) is 36.0 Å². The van der Waals surface area contributed by atoms with Gasteiger partial charge in [-0.25, -0.2) is 0 Å². The third-order valence-corrected chi connectivity index (χ3v) is 3.77. The Morgan fingerprint density at radius 2 is 1.90 bits per heavy atom. The van der Waals surface area contributed by atoms with Gasteiger partial charge in [0.25, 0.3) is 0 Å². The zero-order valence-corrected chi connectivity index (χ0v) is 12.0. The molecule has 0 N–H and O–H groups in total. The van der Waals surface area contributed by atoms with Gasteiger partial charge in [0, 0.05) is 0 Å².